The van der Waals surface area contributed by atoms with Crippen molar-refractivity contribution in [2.24, 2.45) is 0 Å². The van der Waals surface area contributed by atoms with Gasteiger partial charge in [-0.25, -0.2) is 9.97 Å². The van der Waals surface area contributed by atoms with Crippen molar-refractivity contribution in [2.45, 2.75) is 0 Å². The van der Waals surface area contributed by atoms with Crippen molar-refractivity contribution in [1.82, 2.24) is 15.0 Å². The van der Waals surface area contributed by atoms with Crippen LogP contribution in [0.1, 0.15) is 0 Å². The Labute approximate surface area is 174 Å². The lowest BCUT2D eigenvalue weighted by molar-refractivity contribution is 0.122. The van der Waals surface area contributed by atoms with Crippen LogP contribution < -0.4 is 15.0 Å². The number of morpholine rings is 1. The zero-order valence-corrected chi connectivity index (χ0v) is 16.8. The van der Waals surface area contributed by atoms with E-state index < -0.39 is 0 Å². The normalized spacial score (nSPS) is 14.1. The van der Waals surface area contributed by atoms with E-state index in [4.69, 9.17) is 14.5 Å². The second-order valence-electron chi connectivity index (χ2n) is 7.12. The Morgan fingerprint density at radius 1 is 1.10 bits per heavy atom. The third kappa shape index (κ3) is 3.55. The van der Waals surface area contributed by atoms with Gasteiger partial charge < -0.3 is 24.7 Å². The Hall–Kier alpha value is -3.58. The number of nitrogens with one attached hydrogen (secondary N) is 2. The summed E-state index contributed by atoms with van der Waals surface area (Å²) in [5.41, 5.74) is 4.95. The molecule has 2 aromatic carbocycles. The maximum Gasteiger partial charge on any atom is 0.227 e. The highest BCUT2D eigenvalue weighted by molar-refractivity contribution is 5.94. The Balaban J connectivity index is 1.41. The summed E-state index contributed by atoms with van der Waals surface area (Å²) in [6, 6.07) is 16.2. The standard InChI is InChI=1S/C23H23N5O2/c1-29-22-14-16(6-7-21(22)28-10-12-30-13-11-28)26-23-24-9-8-20(27-23)18-15-25-19-5-3-2-4-17(18)19/h2-9,14-15,25H,10-13H2,1H3,(H,24,26,27). The van der Waals surface area contributed by atoms with Crippen molar-refractivity contribution >= 4 is 28.2 Å². The average Bonchev–Trinajstić information content (AvgIpc) is 3.24. The highest BCUT2D eigenvalue weighted by atomic mass is 16.5. The molecule has 1 saturated heterocycles. The van der Waals surface area contributed by atoms with Gasteiger partial charge in [0.05, 0.1) is 31.7 Å². The van der Waals surface area contributed by atoms with Gasteiger partial charge in [-0.3, -0.25) is 0 Å². The van der Waals surface area contributed by atoms with E-state index in [9.17, 15) is 0 Å². The smallest absolute Gasteiger partial charge is 0.227 e. The van der Waals surface area contributed by atoms with Crippen LogP contribution in [0.5, 0.6) is 5.75 Å². The molecule has 0 aliphatic carbocycles. The quantitative estimate of drug-likeness (QED) is 0.522. The summed E-state index contributed by atoms with van der Waals surface area (Å²) in [6.45, 7) is 3.19. The molecule has 2 N–H and O–H groups in total. The maximum atomic E-state index is 5.64. The summed E-state index contributed by atoms with van der Waals surface area (Å²) in [7, 11) is 1.69. The summed E-state index contributed by atoms with van der Waals surface area (Å²) in [5.74, 6) is 1.36. The molecule has 0 amide bonds. The van der Waals surface area contributed by atoms with Crippen molar-refractivity contribution in [3.8, 4) is 17.0 Å². The van der Waals surface area contributed by atoms with Gasteiger partial charge in [-0.1, -0.05) is 18.2 Å². The Morgan fingerprint density at radius 2 is 1.97 bits per heavy atom. The fourth-order valence-electron chi connectivity index (χ4n) is 3.80. The van der Waals surface area contributed by atoms with Gasteiger partial charge >= 0.3 is 0 Å². The molecule has 0 saturated carbocycles. The van der Waals surface area contributed by atoms with E-state index in [1.165, 1.54) is 0 Å². The molecule has 7 nitrogen and oxygen atoms in total. The van der Waals surface area contributed by atoms with Gasteiger partial charge in [0.2, 0.25) is 5.95 Å². The Bertz CT molecular complexity index is 1170. The summed E-state index contributed by atoms with van der Waals surface area (Å²) >= 11 is 0. The predicted molar refractivity (Wildman–Crippen MR) is 119 cm³/mol. The molecule has 0 spiro atoms. The summed E-state index contributed by atoms with van der Waals surface area (Å²) in [6.07, 6.45) is 3.75. The molecule has 0 unspecified atom stereocenters. The molecule has 4 aromatic rings. The first-order valence-electron chi connectivity index (χ1n) is 9.99. The van der Waals surface area contributed by atoms with E-state index in [1.807, 2.05) is 36.5 Å². The number of ether oxygens (including phenoxy) is 2. The average molecular weight is 401 g/mol. The molecule has 3 heterocycles. The van der Waals surface area contributed by atoms with Gasteiger partial charge in [-0.05, 0) is 24.3 Å². The molecule has 5 rings (SSSR count). The number of fused-ring (bicyclic) bond motifs is 1. The highest BCUT2D eigenvalue weighted by Gasteiger charge is 2.16. The van der Waals surface area contributed by atoms with Crippen molar-refractivity contribution in [1.29, 1.82) is 0 Å². The Morgan fingerprint density at radius 3 is 2.83 bits per heavy atom. The minimum absolute atomic E-state index is 0.541. The fourth-order valence-corrected chi connectivity index (χ4v) is 3.80. The molecule has 1 aliphatic heterocycles. The van der Waals surface area contributed by atoms with Gasteiger partial charge in [0.15, 0.2) is 0 Å². The van der Waals surface area contributed by atoms with E-state index in [2.05, 4.69) is 38.4 Å². The largest absolute Gasteiger partial charge is 0.495 e. The van der Waals surface area contributed by atoms with Gasteiger partial charge in [0, 0.05) is 53.7 Å². The van der Waals surface area contributed by atoms with Crippen molar-refractivity contribution < 1.29 is 9.47 Å². The van der Waals surface area contributed by atoms with Gasteiger partial charge in [0.1, 0.15) is 5.75 Å². The van der Waals surface area contributed by atoms with Crippen molar-refractivity contribution in [3.63, 3.8) is 0 Å². The highest BCUT2D eigenvalue weighted by Crippen LogP contribution is 2.33. The van der Waals surface area contributed by atoms with E-state index in [1.54, 1.807) is 13.3 Å². The first-order valence-corrected chi connectivity index (χ1v) is 9.99. The lowest BCUT2D eigenvalue weighted by Gasteiger charge is -2.30. The van der Waals surface area contributed by atoms with Crippen LogP contribution in [-0.2, 0) is 4.74 Å². The van der Waals surface area contributed by atoms with Gasteiger partial charge in [-0.15, -0.1) is 0 Å². The van der Waals surface area contributed by atoms with E-state index in [0.29, 0.717) is 5.95 Å². The molecule has 0 radical (unpaired) electrons. The lowest BCUT2D eigenvalue weighted by atomic mass is 10.1. The van der Waals surface area contributed by atoms with E-state index in [-0.39, 0.29) is 0 Å². The number of rotatable bonds is 5. The number of H-pyrrole nitrogens is 1. The monoisotopic (exact) mass is 401 g/mol. The molecular formula is C23H23N5O2. The van der Waals surface area contributed by atoms with Gasteiger partial charge in [-0.2, -0.15) is 0 Å². The minimum atomic E-state index is 0.541. The number of methoxy groups -OCH3 is 1. The second-order valence-corrected chi connectivity index (χ2v) is 7.12. The number of anilines is 3. The fraction of sp³-hybridized carbons (Fsp3) is 0.217. The summed E-state index contributed by atoms with van der Waals surface area (Å²) < 4.78 is 11.1. The van der Waals surface area contributed by atoms with Crippen LogP contribution in [0.2, 0.25) is 0 Å². The van der Waals surface area contributed by atoms with Crippen LogP contribution in [0.15, 0.2) is 60.9 Å². The van der Waals surface area contributed by atoms with Crippen molar-refractivity contribution in [2.75, 3.05) is 43.6 Å². The number of hydrogen-bond donors (Lipinski definition) is 2. The zero-order chi connectivity index (χ0) is 20.3. The van der Waals surface area contributed by atoms with Crippen LogP contribution in [0.4, 0.5) is 17.3 Å². The number of hydrogen-bond acceptors (Lipinski definition) is 6. The number of aromatic nitrogens is 3. The van der Waals surface area contributed by atoms with Gasteiger partial charge in [0.25, 0.3) is 0 Å². The van der Waals surface area contributed by atoms with E-state index >= 15 is 0 Å². The second kappa shape index (κ2) is 8.04. The van der Waals surface area contributed by atoms with Crippen molar-refractivity contribution in [3.05, 3.63) is 60.9 Å². The van der Waals surface area contributed by atoms with Crippen LogP contribution >= 0.6 is 0 Å². The SMILES string of the molecule is COc1cc(Nc2nccc(-c3c[nH]c4ccccc34)n2)ccc1N1CCOCC1. The third-order valence-corrected chi connectivity index (χ3v) is 5.31. The third-order valence-electron chi connectivity index (χ3n) is 5.31. The molecule has 152 valence electrons. The van der Waals surface area contributed by atoms with Crippen LogP contribution in [0.3, 0.4) is 0 Å². The molecule has 1 aliphatic rings. The predicted octanol–water partition coefficient (Wildman–Crippen LogP) is 4.21. The number of nitrogens with zero attached hydrogens (tertiary/aromatic N) is 3. The van der Waals surface area contributed by atoms with Crippen LogP contribution in [-0.4, -0.2) is 48.4 Å². The lowest BCUT2D eigenvalue weighted by Crippen LogP contribution is -2.36. The number of para-hydroxylation sites is 1. The molecule has 1 fully saturated rings. The summed E-state index contributed by atoms with van der Waals surface area (Å²) in [4.78, 5) is 14.7. The Kier molecular flexibility index (Phi) is 4.94. The zero-order valence-electron chi connectivity index (χ0n) is 16.8. The van der Waals surface area contributed by atoms with Crippen LogP contribution in [0, 0.1) is 0 Å². The summed E-state index contributed by atoms with van der Waals surface area (Å²) in [5, 5.41) is 4.44. The maximum absolute atomic E-state index is 5.64. The molecule has 30 heavy (non-hydrogen) atoms. The number of aromatic amines is 1. The molecular weight excluding hydrogens is 378 g/mol. The topological polar surface area (TPSA) is 75.3 Å². The molecule has 0 atom stereocenters. The molecule has 7 heteroatoms. The minimum Gasteiger partial charge on any atom is -0.495 e. The number of benzene rings is 2. The molecule has 2 aromatic heterocycles. The van der Waals surface area contributed by atoms with Crippen LogP contribution in [0.25, 0.3) is 22.2 Å². The van der Waals surface area contributed by atoms with E-state index in [0.717, 1.165) is 65.6 Å². The first kappa shape index (κ1) is 18.4. The molecule has 0 bridgehead atoms. The first-order chi connectivity index (χ1) is 14.8.